The molecule has 0 saturated heterocycles. The minimum atomic E-state index is 0.553. The van der Waals surface area contributed by atoms with E-state index in [1.807, 2.05) is 43.3 Å². The van der Waals surface area contributed by atoms with Gasteiger partial charge in [0.05, 0.1) is 6.26 Å². The highest BCUT2D eigenvalue weighted by Crippen LogP contribution is 2.27. The molecule has 0 unspecified atom stereocenters. The van der Waals surface area contributed by atoms with Crippen LogP contribution in [0.15, 0.2) is 63.8 Å². The standard InChI is InChI=1S/C17H12N2O2/c1-11-4-5-12-10-16(21-15(12)9-11)17-18-7-6-13(19-17)14-3-2-8-20-14/h2-10H,1H3. The van der Waals surface area contributed by atoms with Crippen LogP contribution in [0.2, 0.25) is 0 Å². The summed E-state index contributed by atoms with van der Waals surface area (Å²) >= 11 is 0. The first-order valence-electron chi connectivity index (χ1n) is 6.67. The molecular formula is C17H12N2O2. The summed E-state index contributed by atoms with van der Waals surface area (Å²) in [7, 11) is 0. The summed E-state index contributed by atoms with van der Waals surface area (Å²) in [5, 5.41) is 1.04. The second kappa shape index (κ2) is 4.59. The van der Waals surface area contributed by atoms with Crippen molar-refractivity contribution in [2.45, 2.75) is 6.92 Å². The molecule has 0 amide bonds. The number of benzene rings is 1. The average molecular weight is 276 g/mol. The molecular weight excluding hydrogens is 264 g/mol. The maximum absolute atomic E-state index is 5.85. The second-order valence-electron chi connectivity index (χ2n) is 4.89. The molecule has 0 aliphatic heterocycles. The Morgan fingerprint density at radius 3 is 2.81 bits per heavy atom. The maximum Gasteiger partial charge on any atom is 0.196 e. The van der Waals surface area contributed by atoms with Gasteiger partial charge in [0.15, 0.2) is 17.3 Å². The number of aryl methyl sites for hydroxylation is 1. The van der Waals surface area contributed by atoms with Gasteiger partial charge in [0.1, 0.15) is 11.3 Å². The zero-order valence-corrected chi connectivity index (χ0v) is 11.4. The number of aromatic nitrogens is 2. The highest BCUT2D eigenvalue weighted by atomic mass is 16.3. The molecule has 4 heteroatoms. The van der Waals surface area contributed by atoms with Crippen molar-refractivity contribution in [3.05, 3.63) is 60.5 Å². The molecule has 3 aromatic heterocycles. The molecule has 4 rings (SSSR count). The van der Waals surface area contributed by atoms with E-state index in [9.17, 15) is 0 Å². The van der Waals surface area contributed by atoms with Crippen molar-refractivity contribution in [1.82, 2.24) is 9.97 Å². The lowest BCUT2D eigenvalue weighted by atomic mass is 10.2. The van der Waals surface area contributed by atoms with E-state index < -0.39 is 0 Å². The molecule has 21 heavy (non-hydrogen) atoms. The predicted molar refractivity (Wildman–Crippen MR) is 79.7 cm³/mol. The van der Waals surface area contributed by atoms with Gasteiger partial charge in [0, 0.05) is 11.6 Å². The first-order chi connectivity index (χ1) is 10.3. The quantitative estimate of drug-likeness (QED) is 0.542. The van der Waals surface area contributed by atoms with E-state index in [0.717, 1.165) is 22.2 Å². The molecule has 0 spiro atoms. The summed E-state index contributed by atoms with van der Waals surface area (Å²) in [6, 6.07) is 13.6. The van der Waals surface area contributed by atoms with Crippen LogP contribution in [0.1, 0.15) is 5.56 Å². The van der Waals surface area contributed by atoms with Crippen molar-refractivity contribution in [3.8, 4) is 23.0 Å². The minimum Gasteiger partial charge on any atom is -0.463 e. The lowest BCUT2D eigenvalue weighted by Gasteiger charge is -1.98. The van der Waals surface area contributed by atoms with Crippen LogP contribution < -0.4 is 0 Å². The molecule has 0 N–H and O–H groups in total. The molecule has 0 bridgehead atoms. The fourth-order valence-corrected chi connectivity index (χ4v) is 2.29. The van der Waals surface area contributed by atoms with E-state index in [0.29, 0.717) is 17.3 Å². The van der Waals surface area contributed by atoms with Gasteiger partial charge in [-0.3, -0.25) is 0 Å². The third-order valence-corrected chi connectivity index (χ3v) is 3.33. The predicted octanol–water partition coefficient (Wildman–Crippen LogP) is 4.46. The Morgan fingerprint density at radius 1 is 1.00 bits per heavy atom. The molecule has 4 nitrogen and oxygen atoms in total. The lowest BCUT2D eigenvalue weighted by Crippen LogP contribution is -1.89. The molecule has 4 aromatic rings. The number of fused-ring (bicyclic) bond motifs is 1. The van der Waals surface area contributed by atoms with E-state index in [1.165, 1.54) is 0 Å². The number of hydrogen-bond donors (Lipinski definition) is 0. The zero-order chi connectivity index (χ0) is 14.2. The number of rotatable bonds is 2. The Hall–Kier alpha value is -2.88. The normalized spacial score (nSPS) is 11.1. The Morgan fingerprint density at radius 2 is 1.95 bits per heavy atom. The summed E-state index contributed by atoms with van der Waals surface area (Å²) in [6.45, 7) is 2.04. The Kier molecular flexibility index (Phi) is 2.60. The van der Waals surface area contributed by atoms with Crippen molar-refractivity contribution in [3.63, 3.8) is 0 Å². The van der Waals surface area contributed by atoms with Crippen LogP contribution in [0.25, 0.3) is 34.0 Å². The largest absolute Gasteiger partial charge is 0.463 e. The summed E-state index contributed by atoms with van der Waals surface area (Å²) in [4.78, 5) is 8.80. The van der Waals surface area contributed by atoms with Crippen LogP contribution >= 0.6 is 0 Å². The van der Waals surface area contributed by atoms with E-state index in [2.05, 4.69) is 16.0 Å². The van der Waals surface area contributed by atoms with Crippen molar-refractivity contribution in [2.75, 3.05) is 0 Å². The van der Waals surface area contributed by atoms with Crippen LogP contribution in [0, 0.1) is 6.92 Å². The van der Waals surface area contributed by atoms with Crippen LogP contribution in [0.3, 0.4) is 0 Å². The molecule has 0 saturated carbocycles. The van der Waals surface area contributed by atoms with Crippen LogP contribution in [0.4, 0.5) is 0 Å². The zero-order valence-electron chi connectivity index (χ0n) is 11.4. The van der Waals surface area contributed by atoms with Crippen molar-refractivity contribution in [1.29, 1.82) is 0 Å². The first kappa shape index (κ1) is 11.9. The maximum atomic E-state index is 5.85. The van der Waals surface area contributed by atoms with Crippen LogP contribution in [-0.2, 0) is 0 Å². The third kappa shape index (κ3) is 2.10. The Labute approximate surface area is 121 Å². The van der Waals surface area contributed by atoms with Gasteiger partial charge in [-0.2, -0.15) is 0 Å². The summed E-state index contributed by atoms with van der Waals surface area (Å²) in [5.41, 5.74) is 2.74. The molecule has 0 aliphatic rings. The van der Waals surface area contributed by atoms with Gasteiger partial charge in [-0.25, -0.2) is 9.97 Å². The number of furan rings is 2. The van der Waals surface area contributed by atoms with E-state index in [-0.39, 0.29) is 0 Å². The van der Waals surface area contributed by atoms with Crippen molar-refractivity contribution < 1.29 is 8.83 Å². The molecule has 0 radical (unpaired) electrons. The second-order valence-corrected chi connectivity index (χ2v) is 4.89. The van der Waals surface area contributed by atoms with E-state index >= 15 is 0 Å². The van der Waals surface area contributed by atoms with Crippen LogP contribution in [-0.4, -0.2) is 9.97 Å². The van der Waals surface area contributed by atoms with Gasteiger partial charge >= 0.3 is 0 Å². The highest BCUT2D eigenvalue weighted by molar-refractivity contribution is 5.82. The SMILES string of the molecule is Cc1ccc2cc(-c3nccc(-c4ccco4)n3)oc2c1. The number of nitrogens with zero attached hydrogens (tertiary/aromatic N) is 2. The van der Waals surface area contributed by atoms with E-state index in [1.54, 1.807) is 12.5 Å². The van der Waals surface area contributed by atoms with Crippen LogP contribution in [0.5, 0.6) is 0 Å². The molecule has 3 heterocycles. The molecule has 0 aliphatic carbocycles. The van der Waals surface area contributed by atoms with Gasteiger partial charge in [-0.05, 0) is 42.8 Å². The molecule has 102 valence electrons. The van der Waals surface area contributed by atoms with Crippen molar-refractivity contribution in [2.24, 2.45) is 0 Å². The van der Waals surface area contributed by atoms with Gasteiger partial charge in [0.2, 0.25) is 0 Å². The fourth-order valence-electron chi connectivity index (χ4n) is 2.29. The summed E-state index contributed by atoms with van der Waals surface area (Å²) in [6.07, 6.45) is 3.33. The molecule has 0 fully saturated rings. The van der Waals surface area contributed by atoms with Gasteiger partial charge < -0.3 is 8.83 Å². The lowest BCUT2D eigenvalue weighted by molar-refractivity contribution is 0.579. The topological polar surface area (TPSA) is 52.1 Å². The van der Waals surface area contributed by atoms with E-state index in [4.69, 9.17) is 8.83 Å². The summed E-state index contributed by atoms with van der Waals surface area (Å²) in [5.74, 6) is 1.92. The van der Waals surface area contributed by atoms with Gasteiger partial charge in [0.25, 0.3) is 0 Å². The third-order valence-electron chi connectivity index (χ3n) is 3.33. The summed E-state index contributed by atoms with van der Waals surface area (Å²) < 4.78 is 11.2. The average Bonchev–Trinajstić information content (AvgIpc) is 3.16. The molecule has 0 atom stereocenters. The fraction of sp³-hybridized carbons (Fsp3) is 0.0588. The number of hydrogen-bond acceptors (Lipinski definition) is 4. The highest BCUT2D eigenvalue weighted by Gasteiger charge is 2.11. The minimum absolute atomic E-state index is 0.553. The smallest absolute Gasteiger partial charge is 0.196 e. The Balaban J connectivity index is 1.83. The molecule has 1 aromatic carbocycles. The monoisotopic (exact) mass is 276 g/mol. The first-order valence-corrected chi connectivity index (χ1v) is 6.67. The van der Waals surface area contributed by atoms with Gasteiger partial charge in [-0.15, -0.1) is 0 Å². The Bertz CT molecular complexity index is 908. The van der Waals surface area contributed by atoms with Crippen molar-refractivity contribution >= 4 is 11.0 Å². The van der Waals surface area contributed by atoms with Gasteiger partial charge in [-0.1, -0.05) is 12.1 Å².